The van der Waals surface area contributed by atoms with Gasteiger partial charge >= 0.3 is 0 Å². The van der Waals surface area contributed by atoms with Crippen LogP contribution in [-0.4, -0.2) is 23.5 Å². The lowest BCUT2D eigenvalue weighted by Crippen LogP contribution is -2.37. The molecule has 0 aromatic rings. The second kappa shape index (κ2) is 4.47. The molecule has 68 valence electrons. The highest BCUT2D eigenvalue weighted by atomic mass is 15.2. The Morgan fingerprint density at radius 1 is 1.58 bits per heavy atom. The number of likely N-dealkylation sites (tertiary alicyclic amines) is 1. The van der Waals surface area contributed by atoms with Crippen LogP contribution < -0.4 is 0 Å². The Morgan fingerprint density at radius 3 is 2.83 bits per heavy atom. The quantitative estimate of drug-likeness (QED) is 0.642. The molecule has 1 rings (SSSR count). The summed E-state index contributed by atoms with van der Waals surface area (Å²) in [6, 6.07) is 3.22. The maximum Gasteiger partial charge on any atom is 0.0977 e. The molecule has 2 unspecified atom stereocenters. The molecule has 1 heterocycles. The molecule has 1 aliphatic rings. The Labute approximate surface area is 75.2 Å². The molecule has 0 aliphatic carbocycles. The highest BCUT2D eigenvalue weighted by Crippen LogP contribution is 2.23. The van der Waals surface area contributed by atoms with Crippen LogP contribution in [0.4, 0.5) is 0 Å². The molecule has 0 N–H and O–H groups in total. The second-order valence-electron chi connectivity index (χ2n) is 3.50. The van der Waals surface area contributed by atoms with E-state index in [1.165, 1.54) is 19.3 Å². The van der Waals surface area contributed by atoms with Crippen LogP contribution in [0, 0.1) is 11.3 Å². The zero-order valence-corrected chi connectivity index (χ0v) is 8.08. The lowest BCUT2D eigenvalue weighted by molar-refractivity contribution is 0.206. The Kier molecular flexibility index (Phi) is 3.55. The summed E-state index contributed by atoms with van der Waals surface area (Å²) in [7, 11) is 0. The fraction of sp³-hybridized carbons (Fsp3) is 0.900. The van der Waals surface area contributed by atoms with Crippen molar-refractivity contribution < 1.29 is 0 Å². The van der Waals surface area contributed by atoms with Crippen LogP contribution in [0.5, 0.6) is 0 Å². The van der Waals surface area contributed by atoms with E-state index in [9.17, 15) is 0 Å². The minimum Gasteiger partial charge on any atom is -0.285 e. The third-order valence-electron chi connectivity index (χ3n) is 2.83. The first-order chi connectivity index (χ1) is 5.83. The zero-order valence-electron chi connectivity index (χ0n) is 8.08. The first-order valence-electron chi connectivity index (χ1n) is 4.98. The van der Waals surface area contributed by atoms with Gasteiger partial charge in [0.1, 0.15) is 0 Å². The fourth-order valence-corrected chi connectivity index (χ4v) is 2.11. The molecule has 2 atom stereocenters. The molecule has 2 nitrogen and oxygen atoms in total. The Hall–Kier alpha value is -0.550. The standard InChI is InChI=1S/C10H18N2/c1-3-9-6-5-7-12(9)10(4-2)8-11/h9-10H,3-7H2,1-2H3. The summed E-state index contributed by atoms with van der Waals surface area (Å²) >= 11 is 0. The first-order valence-corrected chi connectivity index (χ1v) is 4.98. The van der Waals surface area contributed by atoms with Gasteiger partial charge in [-0.05, 0) is 32.2 Å². The highest BCUT2D eigenvalue weighted by molar-refractivity contribution is 4.95. The molecule has 0 aromatic carbocycles. The van der Waals surface area contributed by atoms with Gasteiger partial charge in [-0.1, -0.05) is 13.8 Å². The van der Waals surface area contributed by atoms with Crippen molar-refractivity contribution in [3.05, 3.63) is 0 Å². The lowest BCUT2D eigenvalue weighted by Gasteiger charge is -2.27. The smallest absolute Gasteiger partial charge is 0.0977 e. The van der Waals surface area contributed by atoms with Crippen molar-refractivity contribution in [2.45, 2.75) is 51.6 Å². The topological polar surface area (TPSA) is 27.0 Å². The van der Waals surface area contributed by atoms with Crippen molar-refractivity contribution in [3.63, 3.8) is 0 Å². The monoisotopic (exact) mass is 166 g/mol. The molecule has 1 saturated heterocycles. The predicted molar refractivity (Wildman–Crippen MR) is 49.7 cm³/mol. The van der Waals surface area contributed by atoms with Gasteiger partial charge < -0.3 is 0 Å². The number of nitriles is 1. The number of hydrogen-bond acceptors (Lipinski definition) is 2. The van der Waals surface area contributed by atoms with Crippen LogP contribution in [0.25, 0.3) is 0 Å². The van der Waals surface area contributed by atoms with E-state index in [1.807, 2.05) is 0 Å². The predicted octanol–water partition coefficient (Wildman–Crippen LogP) is 2.16. The molecule has 0 radical (unpaired) electrons. The molecule has 12 heavy (non-hydrogen) atoms. The SMILES string of the molecule is CCC(C#N)N1CCCC1CC. The molecule has 0 amide bonds. The molecular weight excluding hydrogens is 148 g/mol. The summed E-state index contributed by atoms with van der Waals surface area (Å²) in [6.07, 6.45) is 4.72. The minimum absolute atomic E-state index is 0.164. The van der Waals surface area contributed by atoms with Gasteiger partial charge in [-0.2, -0.15) is 5.26 Å². The number of rotatable bonds is 3. The van der Waals surface area contributed by atoms with Gasteiger partial charge in [0.15, 0.2) is 0 Å². The van der Waals surface area contributed by atoms with Gasteiger partial charge in [0, 0.05) is 6.04 Å². The van der Waals surface area contributed by atoms with E-state index in [-0.39, 0.29) is 6.04 Å². The van der Waals surface area contributed by atoms with E-state index in [2.05, 4.69) is 24.8 Å². The molecule has 2 heteroatoms. The summed E-state index contributed by atoms with van der Waals surface area (Å²) < 4.78 is 0. The molecular formula is C10H18N2. The Morgan fingerprint density at radius 2 is 2.33 bits per heavy atom. The number of nitrogens with zero attached hydrogens (tertiary/aromatic N) is 2. The van der Waals surface area contributed by atoms with Gasteiger partial charge in [0.25, 0.3) is 0 Å². The summed E-state index contributed by atoms with van der Waals surface area (Å²) in [5.41, 5.74) is 0. The summed E-state index contributed by atoms with van der Waals surface area (Å²) in [5, 5.41) is 8.91. The van der Waals surface area contributed by atoms with E-state index in [0.717, 1.165) is 13.0 Å². The van der Waals surface area contributed by atoms with Crippen molar-refractivity contribution in [1.29, 1.82) is 5.26 Å². The molecule has 0 saturated carbocycles. The molecule has 0 spiro atoms. The Bertz CT molecular complexity index is 171. The average Bonchev–Trinajstić information content (AvgIpc) is 2.55. The van der Waals surface area contributed by atoms with Crippen molar-refractivity contribution >= 4 is 0 Å². The third-order valence-corrected chi connectivity index (χ3v) is 2.83. The molecule has 0 aromatic heterocycles. The first kappa shape index (κ1) is 9.54. The van der Waals surface area contributed by atoms with E-state index >= 15 is 0 Å². The third kappa shape index (κ3) is 1.78. The van der Waals surface area contributed by atoms with Gasteiger partial charge in [-0.15, -0.1) is 0 Å². The largest absolute Gasteiger partial charge is 0.285 e. The van der Waals surface area contributed by atoms with Crippen molar-refractivity contribution in [2.75, 3.05) is 6.54 Å². The van der Waals surface area contributed by atoms with Crippen LogP contribution >= 0.6 is 0 Å². The summed E-state index contributed by atoms with van der Waals surface area (Å²) in [5.74, 6) is 0. The maximum absolute atomic E-state index is 8.91. The van der Waals surface area contributed by atoms with Gasteiger partial charge in [0.05, 0.1) is 12.1 Å². The van der Waals surface area contributed by atoms with Crippen LogP contribution in [0.2, 0.25) is 0 Å². The summed E-state index contributed by atoms with van der Waals surface area (Å²) in [4.78, 5) is 2.38. The van der Waals surface area contributed by atoms with E-state index in [4.69, 9.17) is 5.26 Å². The maximum atomic E-state index is 8.91. The molecule has 1 fully saturated rings. The van der Waals surface area contributed by atoms with E-state index in [0.29, 0.717) is 6.04 Å². The van der Waals surface area contributed by atoms with Crippen LogP contribution in [-0.2, 0) is 0 Å². The van der Waals surface area contributed by atoms with Crippen LogP contribution in [0.3, 0.4) is 0 Å². The van der Waals surface area contributed by atoms with E-state index < -0.39 is 0 Å². The van der Waals surface area contributed by atoms with Crippen LogP contribution in [0.1, 0.15) is 39.5 Å². The number of hydrogen-bond donors (Lipinski definition) is 0. The summed E-state index contributed by atoms with van der Waals surface area (Å²) in [6.45, 7) is 5.44. The fourth-order valence-electron chi connectivity index (χ4n) is 2.11. The van der Waals surface area contributed by atoms with Gasteiger partial charge in [0.2, 0.25) is 0 Å². The van der Waals surface area contributed by atoms with Crippen LogP contribution in [0.15, 0.2) is 0 Å². The minimum atomic E-state index is 0.164. The normalized spacial score (nSPS) is 26.9. The molecule has 0 bridgehead atoms. The van der Waals surface area contributed by atoms with Crippen molar-refractivity contribution in [2.24, 2.45) is 0 Å². The second-order valence-corrected chi connectivity index (χ2v) is 3.50. The lowest BCUT2D eigenvalue weighted by atomic mass is 10.1. The van der Waals surface area contributed by atoms with Gasteiger partial charge in [-0.3, -0.25) is 4.90 Å². The Balaban J connectivity index is 2.54. The van der Waals surface area contributed by atoms with Gasteiger partial charge in [-0.25, -0.2) is 0 Å². The van der Waals surface area contributed by atoms with Crippen molar-refractivity contribution in [1.82, 2.24) is 4.90 Å². The average molecular weight is 166 g/mol. The highest BCUT2D eigenvalue weighted by Gasteiger charge is 2.27. The van der Waals surface area contributed by atoms with Crippen molar-refractivity contribution in [3.8, 4) is 6.07 Å². The molecule has 1 aliphatic heterocycles. The van der Waals surface area contributed by atoms with E-state index in [1.54, 1.807) is 0 Å². The zero-order chi connectivity index (χ0) is 8.97.